The average molecular weight is 382 g/mol. The minimum absolute atomic E-state index is 0.142. The van der Waals surface area contributed by atoms with Crippen molar-refractivity contribution in [3.8, 4) is 17.2 Å². The molecule has 0 radical (unpaired) electrons. The minimum atomic E-state index is -1.04. The molecule has 1 N–H and O–H groups in total. The number of ketones is 1. The van der Waals surface area contributed by atoms with E-state index in [2.05, 4.69) is 0 Å². The summed E-state index contributed by atoms with van der Waals surface area (Å²) in [4.78, 5) is 23.6. The number of rotatable bonds is 7. The molecule has 0 unspecified atom stereocenters. The Morgan fingerprint density at radius 1 is 0.964 bits per heavy atom. The molecule has 2 aromatic carbocycles. The molecule has 0 aliphatic rings. The maximum absolute atomic E-state index is 12.9. The molecular weight excluding hydrogens is 364 g/mol. The summed E-state index contributed by atoms with van der Waals surface area (Å²) in [6.07, 6.45) is 2.51. The van der Waals surface area contributed by atoms with Crippen LogP contribution in [0.25, 0.3) is 17.0 Å². The lowest BCUT2D eigenvalue weighted by atomic mass is 10.1. The smallest absolute Gasteiger partial charge is 0.328 e. The van der Waals surface area contributed by atoms with Crippen molar-refractivity contribution < 1.29 is 33.3 Å². The predicted molar refractivity (Wildman–Crippen MR) is 102 cm³/mol. The third kappa shape index (κ3) is 3.68. The van der Waals surface area contributed by atoms with Crippen molar-refractivity contribution in [3.05, 3.63) is 59.4 Å². The van der Waals surface area contributed by atoms with Crippen LogP contribution in [0, 0.1) is 0 Å². The SMILES string of the molecule is COc1cc(C(=O)c2cc3cc(/C=C/C(=O)O)ccc3o2)cc(OC)c1OC. The van der Waals surface area contributed by atoms with Crippen molar-refractivity contribution in [3.63, 3.8) is 0 Å². The number of carboxylic acid groups (broad SMARTS) is 1. The number of furan rings is 1. The van der Waals surface area contributed by atoms with Gasteiger partial charge < -0.3 is 23.7 Å². The third-order valence-corrected chi connectivity index (χ3v) is 4.11. The molecule has 0 fully saturated rings. The summed E-state index contributed by atoms with van der Waals surface area (Å²) in [5, 5.41) is 9.42. The standard InChI is InChI=1S/C21H18O7/c1-25-17-10-14(11-18(26-2)21(17)27-3)20(24)16-9-13-8-12(5-7-19(22)23)4-6-15(13)28-16/h4-11H,1-3H3,(H,22,23)/b7-5+. The Hall–Kier alpha value is -3.74. The van der Waals surface area contributed by atoms with E-state index >= 15 is 0 Å². The van der Waals surface area contributed by atoms with Crippen molar-refractivity contribution in [2.24, 2.45) is 0 Å². The maximum atomic E-state index is 12.9. The van der Waals surface area contributed by atoms with Crippen molar-refractivity contribution in [1.82, 2.24) is 0 Å². The van der Waals surface area contributed by atoms with Crippen LogP contribution in [0.2, 0.25) is 0 Å². The number of carbonyl (C=O) groups is 2. The van der Waals surface area contributed by atoms with Gasteiger partial charge in [-0.05, 0) is 42.0 Å². The van der Waals surface area contributed by atoms with Gasteiger partial charge in [0.15, 0.2) is 17.3 Å². The van der Waals surface area contributed by atoms with Gasteiger partial charge in [0.05, 0.1) is 21.3 Å². The van der Waals surface area contributed by atoms with Gasteiger partial charge in [0.1, 0.15) is 5.58 Å². The van der Waals surface area contributed by atoms with Crippen LogP contribution in [0.1, 0.15) is 21.7 Å². The van der Waals surface area contributed by atoms with E-state index in [-0.39, 0.29) is 11.5 Å². The average Bonchev–Trinajstić information content (AvgIpc) is 3.13. The van der Waals surface area contributed by atoms with E-state index < -0.39 is 5.97 Å². The minimum Gasteiger partial charge on any atom is -0.493 e. The molecule has 1 heterocycles. The Morgan fingerprint density at radius 2 is 1.64 bits per heavy atom. The molecule has 0 amide bonds. The van der Waals surface area contributed by atoms with Gasteiger partial charge in [-0.2, -0.15) is 0 Å². The Morgan fingerprint density at radius 3 is 2.21 bits per heavy atom. The molecule has 0 saturated heterocycles. The second kappa shape index (κ2) is 7.87. The van der Waals surface area contributed by atoms with E-state index in [0.717, 1.165) is 6.08 Å². The Bertz CT molecular complexity index is 1050. The monoisotopic (exact) mass is 382 g/mol. The predicted octanol–water partition coefficient (Wildman–Crippen LogP) is 3.79. The molecule has 144 valence electrons. The van der Waals surface area contributed by atoms with E-state index in [1.54, 1.807) is 36.4 Å². The highest BCUT2D eigenvalue weighted by atomic mass is 16.5. The first kappa shape index (κ1) is 19.0. The first-order chi connectivity index (χ1) is 13.5. The van der Waals surface area contributed by atoms with Gasteiger partial charge in [0.25, 0.3) is 0 Å². The highest BCUT2D eigenvalue weighted by Crippen LogP contribution is 2.39. The van der Waals surface area contributed by atoms with Crippen LogP contribution in [0.15, 0.2) is 46.9 Å². The van der Waals surface area contributed by atoms with Crippen LogP contribution in [0.5, 0.6) is 17.2 Å². The second-order valence-electron chi connectivity index (χ2n) is 5.82. The second-order valence-corrected chi connectivity index (χ2v) is 5.82. The Kier molecular flexibility index (Phi) is 5.35. The number of hydrogen-bond donors (Lipinski definition) is 1. The zero-order valence-electron chi connectivity index (χ0n) is 15.5. The van der Waals surface area contributed by atoms with E-state index in [9.17, 15) is 9.59 Å². The van der Waals surface area contributed by atoms with E-state index in [1.165, 1.54) is 27.4 Å². The molecule has 0 atom stereocenters. The van der Waals surface area contributed by atoms with Crippen molar-refractivity contribution in [1.29, 1.82) is 0 Å². The normalized spacial score (nSPS) is 11.0. The number of aliphatic carboxylic acids is 1. The quantitative estimate of drug-likeness (QED) is 0.491. The zero-order chi connectivity index (χ0) is 20.3. The molecule has 0 aliphatic carbocycles. The fourth-order valence-corrected chi connectivity index (χ4v) is 2.80. The molecule has 7 heteroatoms. The summed E-state index contributed by atoms with van der Waals surface area (Å²) < 4.78 is 21.5. The summed E-state index contributed by atoms with van der Waals surface area (Å²) in [6.45, 7) is 0. The summed E-state index contributed by atoms with van der Waals surface area (Å²) in [6, 6.07) is 9.85. The highest BCUT2D eigenvalue weighted by Gasteiger charge is 2.20. The summed E-state index contributed by atoms with van der Waals surface area (Å²) >= 11 is 0. The first-order valence-corrected chi connectivity index (χ1v) is 8.26. The fourth-order valence-electron chi connectivity index (χ4n) is 2.80. The molecule has 0 spiro atoms. The summed E-state index contributed by atoms with van der Waals surface area (Å²) in [7, 11) is 4.43. The van der Waals surface area contributed by atoms with Crippen LogP contribution in [0.4, 0.5) is 0 Å². The summed E-state index contributed by atoms with van der Waals surface area (Å²) in [5.74, 6) is -0.127. The Balaban J connectivity index is 2.00. The lowest BCUT2D eigenvalue weighted by Gasteiger charge is -2.13. The van der Waals surface area contributed by atoms with Crippen molar-refractivity contribution >= 4 is 28.8 Å². The zero-order valence-corrected chi connectivity index (χ0v) is 15.5. The van der Waals surface area contributed by atoms with Crippen LogP contribution in [0.3, 0.4) is 0 Å². The number of fused-ring (bicyclic) bond motifs is 1. The van der Waals surface area contributed by atoms with Crippen LogP contribution in [-0.4, -0.2) is 38.2 Å². The number of carboxylic acids is 1. The largest absolute Gasteiger partial charge is 0.493 e. The fraction of sp³-hybridized carbons (Fsp3) is 0.143. The molecule has 0 aliphatic heterocycles. The number of hydrogen-bond acceptors (Lipinski definition) is 6. The maximum Gasteiger partial charge on any atom is 0.328 e. The van der Waals surface area contributed by atoms with Gasteiger partial charge in [-0.3, -0.25) is 4.79 Å². The van der Waals surface area contributed by atoms with E-state index in [0.29, 0.717) is 39.3 Å². The van der Waals surface area contributed by atoms with Gasteiger partial charge in [-0.15, -0.1) is 0 Å². The molecule has 7 nitrogen and oxygen atoms in total. The molecule has 0 bridgehead atoms. The van der Waals surface area contributed by atoms with Crippen molar-refractivity contribution in [2.75, 3.05) is 21.3 Å². The lowest BCUT2D eigenvalue weighted by molar-refractivity contribution is -0.131. The highest BCUT2D eigenvalue weighted by molar-refractivity contribution is 6.09. The van der Waals surface area contributed by atoms with Gasteiger partial charge in [-0.25, -0.2) is 4.79 Å². The van der Waals surface area contributed by atoms with Gasteiger partial charge in [0, 0.05) is 17.0 Å². The topological polar surface area (TPSA) is 95.2 Å². The van der Waals surface area contributed by atoms with Gasteiger partial charge in [0.2, 0.25) is 11.5 Å². The molecule has 0 saturated carbocycles. The first-order valence-electron chi connectivity index (χ1n) is 8.26. The molecule has 3 rings (SSSR count). The van der Waals surface area contributed by atoms with Crippen LogP contribution >= 0.6 is 0 Å². The number of methoxy groups -OCH3 is 3. The lowest BCUT2D eigenvalue weighted by Crippen LogP contribution is -2.03. The van der Waals surface area contributed by atoms with Crippen molar-refractivity contribution in [2.45, 2.75) is 0 Å². The number of ether oxygens (including phenoxy) is 3. The third-order valence-electron chi connectivity index (χ3n) is 4.11. The number of benzene rings is 2. The van der Waals surface area contributed by atoms with E-state index in [1.807, 2.05) is 0 Å². The summed E-state index contributed by atoms with van der Waals surface area (Å²) in [5.41, 5.74) is 1.52. The van der Waals surface area contributed by atoms with Crippen LogP contribution in [-0.2, 0) is 4.79 Å². The van der Waals surface area contributed by atoms with Gasteiger partial charge in [-0.1, -0.05) is 6.07 Å². The van der Waals surface area contributed by atoms with Gasteiger partial charge >= 0.3 is 5.97 Å². The molecule has 1 aromatic heterocycles. The number of carbonyl (C=O) groups excluding carboxylic acids is 1. The molecule has 28 heavy (non-hydrogen) atoms. The molecular formula is C21H18O7. The Labute approximate surface area is 160 Å². The molecule has 3 aromatic rings. The van der Waals surface area contributed by atoms with Crippen LogP contribution < -0.4 is 14.2 Å². The van der Waals surface area contributed by atoms with E-state index in [4.69, 9.17) is 23.7 Å².